The molecule has 0 spiro atoms. The van der Waals surface area contributed by atoms with E-state index in [1.54, 1.807) is 0 Å². The Morgan fingerprint density at radius 1 is 1.73 bits per heavy atom. The van der Waals surface area contributed by atoms with Crippen molar-refractivity contribution in [3.05, 3.63) is 11.1 Å². The highest BCUT2D eigenvalue weighted by atomic mass is 35.5. The number of likely N-dealkylation sites (tertiary alicyclic amines) is 1. The van der Waals surface area contributed by atoms with Crippen LogP contribution in [0.2, 0.25) is 0 Å². The van der Waals surface area contributed by atoms with E-state index in [1.165, 1.54) is 6.20 Å². The first kappa shape index (κ1) is 10.8. The molecule has 0 aromatic carbocycles. The number of carbonyl (C=O) groups is 1. The van der Waals surface area contributed by atoms with Crippen molar-refractivity contribution < 1.29 is 4.79 Å². The summed E-state index contributed by atoms with van der Waals surface area (Å²) in [5.41, 5.74) is 0. The molecule has 1 aliphatic heterocycles. The van der Waals surface area contributed by atoms with Gasteiger partial charge in [-0.2, -0.15) is 0 Å². The molecule has 0 bridgehead atoms. The van der Waals surface area contributed by atoms with Crippen molar-refractivity contribution >= 4 is 29.0 Å². The Morgan fingerprint density at radius 3 is 3.27 bits per heavy atom. The number of alkyl halides is 1. The van der Waals surface area contributed by atoms with Gasteiger partial charge < -0.3 is 4.90 Å². The predicted molar refractivity (Wildman–Crippen MR) is 59.3 cm³/mol. The molecular weight excluding hydrogens is 234 g/mol. The van der Waals surface area contributed by atoms with Crippen LogP contribution in [0.15, 0.2) is 6.20 Å². The largest absolute Gasteiger partial charge is 0.338 e. The van der Waals surface area contributed by atoms with Gasteiger partial charge in [-0.05, 0) is 30.3 Å². The maximum atomic E-state index is 11.9. The van der Waals surface area contributed by atoms with Gasteiger partial charge in [-0.15, -0.1) is 16.7 Å². The van der Waals surface area contributed by atoms with E-state index >= 15 is 0 Å². The second-order valence-corrected chi connectivity index (χ2v) is 4.83. The minimum Gasteiger partial charge on any atom is -0.338 e. The number of halogens is 1. The molecule has 15 heavy (non-hydrogen) atoms. The fraction of sp³-hybridized carbons (Fsp3) is 0.667. The van der Waals surface area contributed by atoms with Gasteiger partial charge in [0.2, 0.25) is 0 Å². The van der Waals surface area contributed by atoms with E-state index in [4.69, 9.17) is 11.6 Å². The minimum absolute atomic E-state index is 0.0575. The normalized spacial score (nSPS) is 20.9. The number of nitrogens with zero attached hydrogens (tertiary/aromatic N) is 3. The first-order valence-electron chi connectivity index (χ1n) is 4.94. The molecule has 6 heteroatoms. The molecule has 1 aromatic heterocycles. The van der Waals surface area contributed by atoms with Crippen molar-refractivity contribution in [1.82, 2.24) is 14.5 Å². The van der Waals surface area contributed by atoms with Gasteiger partial charge in [0.05, 0.1) is 6.20 Å². The summed E-state index contributed by atoms with van der Waals surface area (Å²) in [5, 5.41) is 3.67. The number of hydrogen-bond donors (Lipinski definition) is 0. The average Bonchev–Trinajstić information content (AvgIpc) is 2.87. The summed E-state index contributed by atoms with van der Waals surface area (Å²) in [5.74, 6) is 1.30. The van der Waals surface area contributed by atoms with Gasteiger partial charge in [0, 0.05) is 19.0 Å². The lowest BCUT2D eigenvalue weighted by Gasteiger charge is -2.14. The van der Waals surface area contributed by atoms with E-state index in [2.05, 4.69) is 9.59 Å². The first-order chi connectivity index (χ1) is 7.31. The summed E-state index contributed by atoms with van der Waals surface area (Å²) in [7, 11) is 0. The summed E-state index contributed by atoms with van der Waals surface area (Å²) in [6.45, 7) is 1.65. The second kappa shape index (κ2) is 4.90. The number of rotatable bonds is 3. The molecule has 1 atom stereocenters. The van der Waals surface area contributed by atoms with E-state index < -0.39 is 0 Å². The quantitative estimate of drug-likeness (QED) is 0.761. The van der Waals surface area contributed by atoms with Crippen LogP contribution in [0.3, 0.4) is 0 Å². The molecule has 1 amide bonds. The van der Waals surface area contributed by atoms with Crippen molar-refractivity contribution in [3.63, 3.8) is 0 Å². The van der Waals surface area contributed by atoms with Crippen LogP contribution in [0.25, 0.3) is 0 Å². The third-order valence-electron chi connectivity index (χ3n) is 2.66. The van der Waals surface area contributed by atoms with Gasteiger partial charge in [-0.25, -0.2) is 0 Å². The molecule has 4 nitrogen and oxygen atoms in total. The zero-order valence-electron chi connectivity index (χ0n) is 8.23. The summed E-state index contributed by atoms with van der Waals surface area (Å²) in [6.07, 6.45) is 3.58. The molecule has 2 heterocycles. The van der Waals surface area contributed by atoms with Gasteiger partial charge in [-0.1, -0.05) is 4.49 Å². The highest BCUT2D eigenvalue weighted by Gasteiger charge is 2.27. The molecule has 0 aliphatic carbocycles. The highest BCUT2D eigenvalue weighted by Crippen LogP contribution is 2.22. The molecule has 0 radical (unpaired) electrons. The van der Waals surface area contributed by atoms with Crippen molar-refractivity contribution in [2.45, 2.75) is 12.8 Å². The fourth-order valence-electron chi connectivity index (χ4n) is 1.82. The third kappa shape index (κ3) is 2.46. The molecule has 0 N–H and O–H groups in total. The van der Waals surface area contributed by atoms with Crippen LogP contribution >= 0.6 is 23.1 Å². The molecule has 1 saturated heterocycles. The van der Waals surface area contributed by atoms with Crippen molar-refractivity contribution in [3.8, 4) is 0 Å². The van der Waals surface area contributed by atoms with Crippen molar-refractivity contribution in [2.75, 3.05) is 19.0 Å². The third-order valence-corrected chi connectivity index (χ3v) is 3.53. The molecule has 1 unspecified atom stereocenters. The lowest BCUT2D eigenvalue weighted by atomic mass is 10.1. The number of amides is 1. The van der Waals surface area contributed by atoms with Crippen molar-refractivity contribution in [1.29, 1.82) is 0 Å². The average molecular weight is 246 g/mol. The van der Waals surface area contributed by atoms with E-state index in [0.717, 1.165) is 37.5 Å². The lowest BCUT2D eigenvalue weighted by molar-refractivity contribution is 0.0791. The summed E-state index contributed by atoms with van der Waals surface area (Å²) in [4.78, 5) is 14.4. The van der Waals surface area contributed by atoms with Gasteiger partial charge in [0.15, 0.2) is 0 Å². The molecule has 1 aromatic rings. The molecule has 1 aliphatic rings. The van der Waals surface area contributed by atoms with Crippen LogP contribution in [0.5, 0.6) is 0 Å². The monoisotopic (exact) mass is 245 g/mol. The number of hydrogen-bond acceptors (Lipinski definition) is 4. The van der Waals surface area contributed by atoms with Gasteiger partial charge in [0.1, 0.15) is 4.88 Å². The SMILES string of the molecule is O=C(c1cnns1)N1CCC(CCCl)C1. The minimum atomic E-state index is 0.0575. The second-order valence-electron chi connectivity index (χ2n) is 3.67. The van der Waals surface area contributed by atoms with Crippen LogP contribution in [-0.2, 0) is 0 Å². The highest BCUT2D eigenvalue weighted by molar-refractivity contribution is 7.07. The molecule has 2 rings (SSSR count). The predicted octanol–water partition coefficient (Wildman–Crippen LogP) is 1.63. The van der Waals surface area contributed by atoms with E-state index in [-0.39, 0.29) is 5.91 Å². The zero-order valence-corrected chi connectivity index (χ0v) is 9.80. The van der Waals surface area contributed by atoms with Gasteiger partial charge in [0.25, 0.3) is 5.91 Å². The van der Waals surface area contributed by atoms with Gasteiger partial charge in [-0.3, -0.25) is 4.79 Å². The first-order valence-corrected chi connectivity index (χ1v) is 6.24. The number of aromatic nitrogens is 2. The van der Waals surface area contributed by atoms with Crippen LogP contribution in [-0.4, -0.2) is 39.4 Å². The van der Waals surface area contributed by atoms with Gasteiger partial charge >= 0.3 is 0 Å². The molecular formula is C9H12ClN3OS. The van der Waals surface area contributed by atoms with E-state index in [0.29, 0.717) is 16.7 Å². The Bertz CT molecular complexity index is 330. The van der Waals surface area contributed by atoms with Crippen LogP contribution < -0.4 is 0 Å². The fourth-order valence-corrected chi connectivity index (χ4v) is 2.62. The standard InChI is InChI=1S/C9H12ClN3OS/c10-3-1-7-2-4-13(6-7)9(14)8-5-11-12-15-8/h5,7H,1-4,6H2. The van der Waals surface area contributed by atoms with Crippen LogP contribution in [0, 0.1) is 5.92 Å². The maximum absolute atomic E-state index is 11.9. The Balaban J connectivity index is 1.93. The topological polar surface area (TPSA) is 46.1 Å². The van der Waals surface area contributed by atoms with E-state index in [1.807, 2.05) is 4.90 Å². The zero-order chi connectivity index (χ0) is 10.7. The molecule has 82 valence electrons. The lowest BCUT2D eigenvalue weighted by Crippen LogP contribution is -2.28. The van der Waals surface area contributed by atoms with Crippen molar-refractivity contribution in [2.24, 2.45) is 5.92 Å². The Hall–Kier alpha value is -0.680. The Kier molecular flexibility index (Phi) is 3.53. The molecule has 0 saturated carbocycles. The summed E-state index contributed by atoms with van der Waals surface area (Å²) in [6, 6.07) is 0. The summed E-state index contributed by atoms with van der Waals surface area (Å²) >= 11 is 6.84. The van der Waals surface area contributed by atoms with E-state index in [9.17, 15) is 4.79 Å². The Morgan fingerprint density at radius 2 is 2.60 bits per heavy atom. The Labute approximate surface area is 97.4 Å². The maximum Gasteiger partial charge on any atom is 0.267 e. The van der Waals surface area contributed by atoms with Crippen LogP contribution in [0.4, 0.5) is 0 Å². The number of carbonyl (C=O) groups excluding carboxylic acids is 1. The molecule has 1 fully saturated rings. The smallest absolute Gasteiger partial charge is 0.267 e. The van der Waals surface area contributed by atoms with Crippen LogP contribution in [0.1, 0.15) is 22.5 Å². The summed E-state index contributed by atoms with van der Waals surface area (Å²) < 4.78 is 3.69.